The van der Waals surface area contributed by atoms with E-state index in [9.17, 15) is 5.11 Å². The van der Waals surface area contributed by atoms with Gasteiger partial charge in [-0.05, 0) is 48.4 Å². The van der Waals surface area contributed by atoms with Crippen LogP contribution in [0.4, 0.5) is 0 Å². The molecule has 1 saturated heterocycles. The molecule has 0 spiro atoms. The quantitative estimate of drug-likeness (QED) is 0.695. The van der Waals surface area contributed by atoms with Crippen molar-refractivity contribution in [3.8, 4) is 0 Å². The zero-order valence-electron chi connectivity index (χ0n) is 16.0. The summed E-state index contributed by atoms with van der Waals surface area (Å²) in [7, 11) is 0. The van der Waals surface area contributed by atoms with Crippen molar-refractivity contribution in [2.24, 2.45) is 0 Å². The van der Waals surface area contributed by atoms with E-state index >= 15 is 0 Å². The molecule has 3 atom stereocenters. The van der Waals surface area contributed by atoms with E-state index in [0.29, 0.717) is 6.42 Å². The molecule has 26 heavy (non-hydrogen) atoms. The Morgan fingerprint density at radius 3 is 2.38 bits per heavy atom. The van der Waals surface area contributed by atoms with Gasteiger partial charge < -0.3 is 9.84 Å². The van der Waals surface area contributed by atoms with Crippen LogP contribution >= 0.6 is 11.3 Å². The minimum absolute atomic E-state index is 0. The summed E-state index contributed by atoms with van der Waals surface area (Å²) in [5.41, 5.74) is 4.25. The summed E-state index contributed by atoms with van der Waals surface area (Å²) in [5, 5.41) is 10.0. The van der Waals surface area contributed by atoms with E-state index in [-0.39, 0.29) is 31.2 Å². The van der Waals surface area contributed by atoms with E-state index < -0.39 is 0 Å². The predicted molar refractivity (Wildman–Crippen MR) is 112 cm³/mol. The average molecular weight is 375 g/mol. The van der Waals surface area contributed by atoms with Crippen LogP contribution in [0.25, 0.3) is 0 Å². The molecule has 0 aliphatic carbocycles. The summed E-state index contributed by atoms with van der Waals surface area (Å²) >= 11 is 1.84. The summed E-state index contributed by atoms with van der Waals surface area (Å²) in [4.78, 5) is 2.65. The summed E-state index contributed by atoms with van der Waals surface area (Å²) in [6, 6.07) is 11.3. The van der Waals surface area contributed by atoms with Gasteiger partial charge in [-0.15, -0.1) is 11.3 Å². The molecule has 0 saturated carbocycles. The third-order valence-corrected chi connectivity index (χ3v) is 6.36. The Balaban J connectivity index is 0.00000243. The Hall–Kier alpha value is -1.16. The van der Waals surface area contributed by atoms with Gasteiger partial charge in [0.15, 0.2) is 0 Å². The van der Waals surface area contributed by atoms with Gasteiger partial charge in [0.05, 0.1) is 18.3 Å². The van der Waals surface area contributed by atoms with Gasteiger partial charge in [-0.25, -0.2) is 0 Å². The number of thiophene rings is 1. The van der Waals surface area contributed by atoms with E-state index in [1.165, 1.54) is 26.4 Å². The van der Waals surface area contributed by atoms with Crippen LogP contribution in [-0.2, 0) is 16.6 Å². The zero-order valence-corrected chi connectivity index (χ0v) is 16.8. The maximum atomic E-state index is 10.0. The molecule has 1 fully saturated rings. The van der Waals surface area contributed by atoms with Crippen LogP contribution in [0, 0.1) is 6.92 Å². The third-order valence-electron chi connectivity index (χ3n) is 5.03. The number of hydrogen-bond acceptors (Lipinski definition) is 3. The fourth-order valence-corrected chi connectivity index (χ4v) is 4.75. The molecule has 2 heterocycles. The highest BCUT2D eigenvalue weighted by Crippen LogP contribution is 2.37. The van der Waals surface area contributed by atoms with Crippen LogP contribution in [0.5, 0.6) is 0 Å². The second kappa shape index (κ2) is 8.24. The van der Waals surface area contributed by atoms with Crippen LogP contribution in [0.2, 0.25) is 0 Å². The lowest BCUT2D eigenvalue weighted by Gasteiger charge is -2.30. The highest BCUT2D eigenvalue weighted by atomic mass is 32.1. The molecule has 2 aromatic rings. The molecule has 3 unspecified atom stereocenters. The van der Waals surface area contributed by atoms with Crippen molar-refractivity contribution in [1.82, 2.24) is 0 Å². The number of ether oxygens (including phenoxy) is 1. The summed E-state index contributed by atoms with van der Waals surface area (Å²) in [5.74, 6) is 0. The molecule has 3 rings (SSSR count). The first-order chi connectivity index (χ1) is 11.7. The lowest BCUT2D eigenvalue weighted by atomic mass is 9.86. The Labute approximate surface area is 163 Å². The summed E-state index contributed by atoms with van der Waals surface area (Å²) < 4.78 is 6.06. The molecule has 1 N–H and O–H groups in total. The second-order valence-corrected chi connectivity index (χ2v) is 9.61. The van der Waals surface area contributed by atoms with Crippen LogP contribution in [0.3, 0.4) is 0 Å². The van der Waals surface area contributed by atoms with E-state index in [2.05, 4.69) is 58.0 Å². The first-order valence-corrected chi connectivity index (χ1v) is 10.1. The molecular weight excluding hydrogens is 340 g/mol. The van der Waals surface area contributed by atoms with Crippen LogP contribution < -0.4 is 0 Å². The first kappa shape index (κ1) is 21.1. The van der Waals surface area contributed by atoms with Crippen molar-refractivity contribution in [2.45, 2.75) is 85.0 Å². The van der Waals surface area contributed by atoms with E-state index in [1.807, 2.05) is 18.3 Å². The van der Waals surface area contributed by atoms with Crippen LogP contribution in [-0.4, -0.2) is 17.3 Å². The number of aliphatic hydroxyl groups excluding tert-OH is 1. The number of aryl methyl sites for hydroxylation is 1. The van der Waals surface area contributed by atoms with Crippen molar-refractivity contribution in [1.29, 1.82) is 0 Å². The van der Waals surface area contributed by atoms with E-state index in [4.69, 9.17) is 4.74 Å². The van der Waals surface area contributed by atoms with Gasteiger partial charge >= 0.3 is 0 Å². The van der Waals surface area contributed by atoms with Crippen molar-refractivity contribution in [3.05, 3.63) is 56.8 Å². The normalized spacial score (nSPS) is 23.5. The maximum Gasteiger partial charge on any atom is 0.0945 e. The highest BCUT2D eigenvalue weighted by Gasteiger charge is 2.28. The van der Waals surface area contributed by atoms with Crippen molar-refractivity contribution in [2.75, 3.05) is 0 Å². The van der Waals surface area contributed by atoms with Crippen molar-refractivity contribution in [3.63, 3.8) is 0 Å². The molecule has 0 bridgehead atoms. The molecule has 1 aliphatic rings. The SMILES string of the molecule is C.Cc1cc(C2CC(O)CC(C)O2)sc1Cc1ccc(C(C)(C)C)cc1. The zero-order chi connectivity index (χ0) is 18.2. The predicted octanol–water partition coefficient (Wildman–Crippen LogP) is 6.18. The van der Waals surface area contributed by atoms with Gasteiger partial charge in [0.2, 0.25) is 0 Å². The van der Waals surface area contributed by atoms with Gasteiger partial charge in [-0.1, -0.05) is 52.5 Å². The largest absolute Gasteiger partial charge is 0.393 e. The van der Waals surface area contributed by atoms with Crippen LogP contribution in [0.15, 0.2) is 30.3 Å². The van der Waals surface area contributed by atoms with Crippen LogP contribution in [0.1, 0.15) is 80.5 Å². The molecule has 144 valence electrons. The van der Waals surface area contributed by atoms with Gasteiger partial charge in [0.25, 0.3) is 0 Å². The molecule has 0 amide bonds. The lowest BCUT2D eigenvalue weighted by Crippen LogP contribution is -2.28. The van der Waals surface area contributed by atoms with Gasteiger partial charge in [0, 0.05) is 22.6 Å². The monoisotopic (exact) mass is 374 g/mol. The molecule has 0 radical (unpaired) electrons. The second-order valence-electron chi connectivity index (χ2n) is 8.44. The minimum Gasteiger partial charge on any atom is -0.393 e. The standard InChI is InChI=1S/C22H30O2S.CH4/c1-14-10-21(19-13-18(23)11-15(2)24-19)25-20(14)12-16-6-8-17(9-7-16)22(3,4)5;/h6-10,15,18-19,23H,11-13H2,1-5H3;1H4. The van der Waals surface area contributed by atoms with E-state index in [0.717, 1.165) is 12.8 Å². The Morgan fingerprint density at radius 1 is 1.15 bits per heavy atom. The molecule has 1 aromatic heterocycles. The van der Waals surface area contributed by atoms with Crippen molar-refractivity contribution < 1.29 is 9.84 Å². The molecule has 2 nitrogen and oxygen atoms in total. The minimum atomic E-state index is -0.246. The number of aliphatic hydroxyl groups is 1. The maximum absolute atomic E-state index is 10.0. The number of hydrogen-bond donors (Lipinski definition) is 1. The molecule has 1 aliphatic heterocycles. The van der Waals surface area contributed by atoms with E-state index in [1.54, 1.807) is 0 Å². The Morgan fingerprint density at radius 2 is 1.81 bits per heavy atom. The third kappa shape index (κ3) is 4.97. The molecule has 3 heteroatoms. The molecule has 1 aromatic carbocycles. The van der Waals surface area contributed by atoms with Crippen molar-refractivity contribution >= 4 is 11.3 Å². The average Bonchev–Trinajstić information content (AvgIpc) is 2.87. The molecular formula is C23H34O2S. The lowest BCUT2D eigenvalue weighted by molar-refractivity contribution is -0.0881. The van der Waals surface area contributed by atoms with Gasteiger partial charge in [-0.3, -0.25) is 0 Å². The summed E-state index contributed by atoms with van der Waals surface area (Å²) in [6.07, 6.45) is 2.34. The highest BCUT2D eigenvalue weighted by molar-refractivity contribution is 7.12. The van der Waals surface area contributed by atoms with Gasteiger partial charge in [0.1, 0.15) is 0 Å². The number of rotatable bonds is 3. The fraction of sp³-hybridized carbons (Fsp3) is 0.565. The Kier molecular flexibility index (Phi) is 6.70. The number of benzene rings is 1. The Bertz CT molecular complexity index is 699. The van der Waals surface area contributed by atoms with Gasteiger partial charge in [-0.2, -0.15) is 0 Å². The fourth-order valence-electron chi connectivity index (χ4n) is 3.49. The first-order valence-electron chi connectivity index (χ1n) is 9.24. The summed E-state index contributed by atoms with van der Waals surface area (Å²) in [6.45, 7) is 11.0. The smallest absolute Gasteiger partial charge is 0.0945 e. The topological polar surface area (TPSA) is 29.5 Å².